The van der Waals surface area contributed by atoms with E-state index < -0.39 is 5.60 Å². The molecule has 0 amide bonds. The summed E-state index contributed by atoms with van der Waals surface area (Å²) in [5.74, 6) is 8.41. The maximum atomic E-state index is 12.2. The van der Waals surface area contributed by atoms with Crippen molar-refractivity contribution >= 4 is 23.5 Å². The highest BCUT2D eigenvalue weighted by molar-refractivity contribution is 8.18. The first-order valence-corrected chi connectivity index (χ1v) is 17.9. The Kier molecular flexibility index (Phi) is 9.28. The van der Waals surface area contributed by atoms with E-state index in [9.17, 15) is 5.11 Å². The monoisotopic (exact) mass is 536 g/mol. The van der Waals surface area contributed by atoms with Crippen molar-refractivity contribution in [1.29, 1.82) is 0 Å². The minimum atomic E-state index is -0.515. The first-order chi connectivity index (χ1) is 16.9. The van der Waals surface area contributed by atoms with Gasteiger partial charge in [-0.1, -0.05) is 67.7 Å². The van der Waals surface area contributed by atoms with Crippen LogP contribution in [0.1, 0.15) is 132 Å². The van der Waals surface area contributed by atoms with Gasteiger partial charge in [0.15, 0.2) is 0 Å². The quantitative estimate of drug-likeness (QED) is 0.280. The van der Waals surface area contributed by atoms with Crippen LogP contribution in [0.2, 0.25) is 0 Å². The molecule has 3 heteroatoms. The first-order valence-electron chi connectivity index (χ1n) is 15.9. The molecule has 4 fully saturated rings. The van der Waals surface area contributed by atoms with E-state index in [4.69, 9.17) is 0 Å². The van der Waals surface area contributed by atoms with Crippen molar-refractivity contribution in [3.8, 4) is 0 Å². The maximum Gasteiger partial charge on any atom is 0.0885 e. The molecule has 1 N–H and O–H groups in total. The lowest BCUT2D eigenvalue weighted by molar-refractivity contribution is -0.153. The van der Waals surface area contributed by atoms with Crippen LogP contribution in [0.15, 0.2) is 0 Å². The summed E-state index contributed by atoms with van der Waals surface area (Å²) in [6.07, 6.45) is 16.3. The summed E-state index contributed by atoms with van der Waals surface area (Å²) in [7, 11) is 0. The minimum absolute atomic E-state index is 0.0653. The van der Waals surface area contributed by atoms with Gasteiger partial charge >= 0.3 is 0 Å². The Hall–Kier alpha value is 0.660. The van der Waals surface area contributed by atoms with Crippen LogP contribution in [0.5, 0.6) is 0 Å². The summed E-state index contributed by atoms with van der Waals surface area (Å²) in [5.41, 5.74) is 0.523. The van der Waals surface area contributed by atoms with E-state index in [0.29, 0.717) is 16.7 Å². The fourth-order valence-electron chi connectivity index (χ4n) is 10.5. The highest BCUT2D eigenvalue weighted by Gasteiger charge is 2.63. The molecule has 0 radical (unpaired) electrons. The summed E-state index contributed by atoms with van der Waals surface area (Å²) in [5, 5.41) is 12.2. The number of hydrogen-bond donors (Lipinski definition) is 1. The average Bonchev–Trinajstić information content (AvgIpc) is 3.17. The largest absolute Gasteiger partial charge is 0.388 e. The number of fused-ring (bicyclic) bond motifs is 5. The zero-order valence-electron chi connectivity index (χ0n) is 25.2. The lowest BCUT2D eigenvalue weighted by Crippen LogP contribution is -2.60. The molecule has 0 aromatic carbocycles. The second-order valence-corrected chi connectivity index (χ2v) is 18.4. The third-order valence-electron chi connectivity index (χ3n) is 12.6. The second kappa shape index (κ2) is 11.3. The van der Waals surface area contributed by atoms with Gasteiger partial charge in [-0.25, -0.2) is 0 Å². The Morgan fingerprint density at radius 1 is 0.833 bits per heavy atom. The molecule has 4 saturated carbocycles. The number of rotatable bonds is 10. The first kappa shape index (κ1) is 29.6. The molecular weight excluding hydrogens is 476 g/mol. The van der Waals surface area contributed by atoms with Crippen molar-refractivity contribution in [2.24, 2.45) is 52.3 Å². The Morgan fingerprint density at radius 2 is 1.50 bits per heavy atom. The molecule has 4 aliphatic carbocycles. The van der Waals surface area contributed by atoms with Gasteiger partial charge in [-0.2, -0.15) is 0 Å². The standard InChI is InChI=1S/C33H60OS2/c1-9-35-32(8,36-10-2)33(34)21-20-30(6)25(22-33)14-15-26-28-17-16-27(24(5)13-11-12-23(3)4)31(28,7)19-18-29(26)30/h23-29,34H,9-22H2,1-8H3/t24-,25+,26+,27-,28+,29+,30+,31-,33+/m1/s1. The summed E-state index contributed by atoms with van der Waals surface area (Å²) in [6.45, 7) is 19.7. The molecule has 1 nitrogen and oxygen atoms in total. The number of hydrogen-bond acceptors (Lipinski definition) is 3. The predicted molar refractivity (Wildman–Crippen MR) is 163 cm³/mol. The van der Waals surface area contributed by atoms with Gasteiger partial charge in [-0.15, -0.1) is 23.5 Å². The molecule has 4 rings (SSSR count). The number of thioether (sulfide) groups is 2. The van der Waals surface area contributed by atoms with Gasteiger partial charge in [0.2, 0.25) is 0 Å². The molecule has 36 heavy (non-hydrogen) atoms. The third kappa shape index (κ3) is 5.11. The second-order valence-electron chi connectivity index (χ2n) is 14.7. The SMILES string of the molecule is CCSC(C)(SCC)[C@]1(O)CC[C@@]2(C)[C@@H](CC[C@@H]3[C@@H]2CC[C@]2(C)[C@@H]([C@H](C)CCCC(C)C)CC[C@@H]32)C1. The van der Waals surface area contributed by atoms with Gasteiger partial charge in [0.05, 0.1) is 9.68 Å². The average molecular weight is 537 g/mol. The van der Waals surface area contributed by atoms with E-state index in [1.807, 2.05) is 23.5 Å². The number of aliphatic hydroxyl groups is 1. The Labute approximate surface area is 233 Å². The summed E-state index contributed by atoms with van der Waals surface area (Å²) in [6, 6.07) is 0. The van der Waals surface area contributed by atoms with E-state index in [1.54, 1.807) is 0 Å². The van der Waals surface area contributed by atoms with Crippen LogP contribution >= 0.6 is 23.5 Å². The Bertz CT molecular complexity index is 731. The van der Waals surface area contributed by atoms with E-state index in [1.165, 1.54) is 64.2 Å². The van der Waals surface area contributed by atoms with Crippen LogP contribution in [-0.2, 0) is 0 Å². The van der Waals surface area contributed by atoms with Crippen molar-refractivity contribution in [3.05, 3.63) is 0 Å². The zero-order valence-corrected chi connectivity index (χ0v) is 26.8. The van der Waals surface area contributed by atoms with Crippen LogP contribution in [0.25, 0.3) is 0 Å². The summed E-state index contributed by atoms with van der Waals surface area (Å²) < 4.78 is -0.0653. The Morgan fingerprint density at radius 3 is 2.14 bits per heavy atom. The van der Waals surface area contributed by atoms with Crippen LogP contribution in [-0.4, -0.2) is 26.3 Å². The topological polar surface area (TPSA) is 20.2 Å². The molecule has 9 atom stereocenters. The van der Waals surface area contributed by atoms with Gasteiger partial charge in [0.25, 0.3) is 0 Å². The molecule has 0 bridgehead atoms. The molecule has 4 aliphatic rings. The smallest absolute Gasteiger partial charge is 0.0885 e. The molecule has 0 spiro atoms. The van der Waals surface area contributed by atoms with Crippen molar-refractivity contribution < 1.29 is 5.11 Å². The summed E-state index contributed by atoms with van der Waals surface area (Å²) >= 11 is 4.01. The molecule has 0 saturated heterocycles. The lowest BCUT2D eigenvalue weighted by atomic mass is 9.43. The van der Waals surface area contributed by atoms with Gasteiger partial charge in [0.1, 0.15) is 0 Å². The summed E-state index contributed by atoms with van der Waals surface area (Å²) in [4.78, 5) is 0. The predicted octanol–water partition coefficient (Wildman–Crippen LogP) is 10.1. The van der Waals surface area contributed by atoms with Gasteiger partial charge in [0, 0.05) is 0 Å². The van der Waals surface area contributed by atoms with Gasteiger partial charge < -0.3 is 5.11 Å². The van der Waals surface area contributed by atoms with Crippen molar-refractivity contribution in [2.75, 3.05) is 11.5 Å². The van der Waals surface area contributed by atoms with E-state index in [-0.39, 0.29) is 4.08 Å². The fourth-order valence-corrected chi connectivity index (χ4v) is 13.6. The van der Waals surface area contributed by atoms with Gasteiger partial charge in [-0.05, 0) is 128 Å². The van der Waals surface area contributed by atoms with Crippen LogP contribution in [0.3, 0.4) is 0 Å². The molecule has 0 heterocycles. The fraction of sp³-hybridized carbons (Fsp3) is 1.00. The molecule has 0 unspecified atom stereocenters. The van der Waals surface area contributed by atoms with E-state index in [0.717, 1.165) is 59.9 Å². The van der Waals surface area contributed by atoms with Crippen LogP contribution < -0.4 is 0 Å². The Balaban J connectivity index is 1.47. The van der Waals surface area contributed by atoms with E-state index >= 15 is 0 Å². The minimum Gasteiger partial charge on any atom is -0.388 e. The highest BCUT2D eigenvalue weighted by atomic mass is 32.2. The van der Waals surface area contributed by atoms with Crippen molar-refractivity contribution in [1.82, 2.24) is 0 Å². The molecule has 210 valence electrons. The van der Waals surface area contributed by atoms with Crippen molar-refractivity contribution in [3.63, 3.8) is 0 Å². The normalized spacial score (nSPS) is 43.7. The van der Waals surface area contributed by atoms with Gasteiger partial charge in [-0.3, -0.25) is 0 Å². The molecule has 0 aromatic heterocycles. The lowest BCUT2D eigenvalue weighted by Gasteiger charge is -2.63. The molecular formula is C33H60OS2. The zero-order chi connectivity index (χ0) is 26.4. The third-order valence-corrected chi connectivity index (χ3v) is 15.8. The van der Waals surface area contributed by atoms with Crippen LogP contribution in [0.4, 0.5) is 0 Å². The highest BCUT2D eigenvalue weighted by Crippen LogP contribution is 2.70. The van der Waals surface area contributed by atoms with Crippen molar-refractivity contribution in [2.45, 2.75) is 142 Å². The maximum absolute atomic E-state index is 12.2. The van der Waals surface area contributed by atoms with Crippen LogP contribution in [0, 0.1) is 52.3 Å². The van der Waals surface area contributed by atoms with E-state index in [2.05, 4.69) is 55.4 Å². The molecule has 0 aromatic rings. The molecule has 0 aliphatic heterocycles.